The maximum absolute atomic E-state index is 14.3. The van der Waals surface area contributed by atoms with E-state index < -0.39 is 24.2 Å². The summed E-state index contributed by atoms with van der Waals surface area (Å²) in [6.07, 6.45) is 0.607. The Morgan fingerprint density at radius 1 is 1.10 bits per heavy atom. The molecule has 0 saturated carbocycles. The highest BCUT2D eigenvalue weighted by atomic mass is 19.3. The van der Waals surface area contributed by atoms with Crippen molar-refractivity contribution in [3.8, 4) is 17.4 Å². The maximum atomic E-state index is 14.3. The molecular weight excluding hydrogens is 550 g/mol. The Bertz CT molecular complexity index is 1240. The monoisotopic (exact) mass is 581 g/mol. The van der Waals surface area contributed by atoms with Crippen molar-refractivity contribution < 1.29 is 46.5 Å². The number of aliphatic hydroxyl groups excluding tert-OH is 1. The van der Waals surface area contributed by atoms with Crippen LogP contribution in [0.4, 0.5) is 23.4 Å². The molecule has 9 nitrogen and oxygen atoms in total. The second-order valence-corrected chi connectivity index (χ2v) is 8.38. The van der Waals surface area contributed by atoms with Crippen LogP contribution >= 0.6 is 0 Å². The van der Waals surface area contributed by atoms with Gasteiger partial charge in [-0.25, -0.2) is 8.78 Å². The average Bonchev–Trinajstić information content (AvgIpc) is 3.33. The van der Waals surface area contributed by atoms with Crippen LogP contribution in [0.15, 0.2) is 54.6 Å². The minimum absolute atomic E-state index is 0.0242. The molecular formula is C28H31F4N3O6. The number of anilines is 1. The van der Waals surface area contributed by atoms with Gasteiger partial charge in [-0.05, 0) is 44.4 Å². The Morgan fingerprint density at radius 2 is 1.73 bits per heavy atom. The molecule has 2 N–H and O–H groups in total. The van der Waals surface area contributed by atoms with Gasteiger partial charge in [0.15, 0.2) is 0 Å². The number of rotatable bonds is 9. The van der Waals surface area contributed by atoms with E-state index in [4.69, 9.17) is 14.6 Å². The highest BCUT2D eigenvalue weighted by molar-refractivity contribution is 5.95. The molecule has 0 bridgehead atoms. The molecule has 0 spiro atoms. The molecule has 0 aliphatic carbocycles. The normalized spacial score (nSPS) is 14.0. The second kappa shape index (κ2) is 16.8. The van der Waals surface area contributed by atoms with Crippen LogP contribution in [0.2, 0.25) is 0 Å². The Hall–Kier alpha value is -4.23. The highest BCUT2D eigenvalue weighted by Crippen LogP contribution is 2.35. The molecule has 13 heteroatoms. The first kappa shape index (κ1) is 33.0. The van der Waals surface area contributed by atoms with Gasteiger partial charge in [0.05, 0.1) is 13.7 Å². The summed E-state index contributed by atoms with van der Waals surface area (Å²) in [4.78, 5) is 28.1. The van der Waals surface area contributed by atoms with Gasteiger partial charge < -0.3 is 24.6 Å². The molecule has 0 radical (unpaired) electrons. The predicted molar refractivity (Wildman–Crippen MR) is 143 cm³/mol. The number of hydrogen-bond acceptors (Lipinski definition) is 8. The van der Waals surface area contributed by atoms with Crippen LogP contribution in [0.5, 0.6) is 17.4 Å². The predicted octanol–water partition coefficient (Wildman–Crippen LogP) is 4.20. The summed E-state index contributed by atoms with van der Waals surface area (Å²) in [5, 5.41) is 11.6. The quantitative estimate of drug-likeness (QED) is 0.286. The molecule has 4 rings (SSSR count). The number of nitrogens with one attached hydrogen (secondary N) is 1. The number of aliphatic hydroxyl groups is 1. The number of aldehydes is 1. The van der Waals surface area contributed by atoms with Crippen LogP contribution in [0.3, 0.4) is 0 Å². The number of carbonyl (C=O) groups excluding carboxylic acids is 2. The van der Waals surface area contributed by atoms with E-state index in [0.717, 1.165) is 12.1 Å². The van der Waals surface area contributed by atoms with Gasteiger partial charge in [0, 0.05) is 48.2 Å². The van der Waals surface area contributed by atoms with Crippen LogP contribution in [-0.2, 0) is 4.79 Å². The van der Waals surface area contributed by atoms with Gasteiger partial charge in [0.1, 0.15) is 41.8 Å². The molecule has 1 aliphatic heterocycles. The number of carbonyl (C=O) groups is 2. The van der Waals surface area contributed by atoms with Gasteiger partial charge in [-0.2, -0.15) is 13.8 Å². The molecule has 1 unspecified atom stereocenters. The number of benzene rings is 2. The van der Waals surface area contributed by atoms with Crippen LogP contribution in [0.25, 0.3) is 0 Å². The average molecular weight is 582 g/mol. The van der Waals surface area contributed by atoms with E-state index in [0.29, 0.717) is 17.7 Å². The molecule has 1 amide bonds. The third-order valence-electron chi connectivity index (χ3n) is 5.39. The second-order valence-electron chi connectivity index (χ2n) is 8.38. The van der Waals surface area contributed by atoms with Crippen molar-refractivity contribution in [2.24, 2.45) is 0 Å². The van der Waals surface area contributed by atoms with Crippen molar-refractivity contribution in [2.45, 2.75) is 19.0 Å². The molecule has 222 valence electrons. The van der Waals surface area contributed by atoms with Crippen LogP contribution in [0, 0.1) is 11.6 Å². The fraction of sp³-hybridized carbons (Fsp3) is 0.321. The first-order valence-corrected chi connectivity index (χ1v) is 12.3. The summed E-state index contributed by atoms with van der Waals surface area (Å²) in [5.74, 6) is -1.66. The van der Waals surface area contributed by atoms with Gasteiger partial charge in [-0.3, -0.25) is 14.5 Å². The van der Waals surface area contributed by atoms with Crippen LogP contribution < -0.4 is 24.4 Å². The third kappa shape index (κ3) is 10.0. The zero-order valence-electron chi connectivity index (χ0n) is 22.7. The number of aromatic nitrogens is 1. The third-order valence-corrected chi connectivity index (χ3v) is 5.39. The molecule has 3 aromatic rings. The lowest BCUT2D eigenvalue weighted by molar-refractivity contribution is -0.117. The van der Waals surface area contributed by atoms with Crippen molar-refractivity contribution in [3.05, 3.63) is 77.4 Å². The number of methoxy groups -OCH3 is 1. The zero-order valence-corrected chi connectivity index (χ0v) is 22.7. The lowest BCUT2D eigenvalue weighted by Crippen LogP contribution is -2.25. The van der Waals surface area contributed by atoms with E-state index in [-0.39, 0.29) is 55.0 Å². The highest BCUT2D eigenvalue weighted by Gasteiger charge is 2.35. The summed E-state index contributed by atoms with van der Waals surface area (Å²) in [6.45, 7) is -2.80. The Labute approximate surface area is 234 Å². The lowest BCUT2D eigenvalue weighted by Gasteiger charge is -2.17. The number of alkyl halides is 2. The van der Waals surface area contributed by atoms with Gasteiger partial charge in [0.25, 0.3) is 0 Å². The Morgan fingerprint density at radius 3 is 2.27 bits per heavy atom. The molecule has 41 heavy (non-hydrogen) atoms. The molecule has 2 aromatic carbocycles. The summed E-state index contributed by atoms with van der Waals surface area (Å²) in [5.41, 5.74) is 0.297. The van der Waals surface area contributed by atoms with Crippen molar-refractivity contribution in [3.63, 3.8) is 0 Å². The standard InChI is InChI=1S/C18H18F2N2O4.C8H6F2O2.C2H7N/c1-25-12-8-13(19)18(14(20)9-12)11-7-17(24)22(10-11)15-3-2-4-16(21-15)26-6-5-23;9-8(10)12-7-3-1-6(5-11)2-4-7;1-3-2/h2-4,8-9,11,23H,5-7,10H2,1H3;1-5,8H;3H,1-2H3. The number of hydrogen-bond donors (Lipinski definition) is 2. The summed E-state index contributed by atoms with van der Waals surface area (Å²) < 4.78 is 66.0. The minimum Gasteiger partial charge on any atom is -0.497 e. The molecule has 1 aliphatic rings. The largest absolute Gasteiger partial charge is 0.497 e. The van der Waals surface area contributed by atoms with E-state index in [9.17, 15) is 27.2 Å². The van der Waals surface area contributed by atoms with Gasteiger partial charge in [-0.15, -0.1) is 0 Å². The minimum atomic E-state index is -2.83. The van der Waals surface area contributed by atoms with Crippen molar-refractivity contribution >= 4 is 18.0 Å². The van der Waals surface area contributed by atoms with Crippen molar-refractivity contribution in [2.75, 3.05) is 45.9 Å². The first-order chi connectivity index (χ1) is 19.7. The molecule has 2 heterocycles. The lowest BCUT2D eigenvalue weighted by atomic mass is 9.97. The van der Waals surface area contributed by atoms with Gasteiger partial charge in [-0.1, -0.05) is 6.07 Å². The number of ether oxygens (including phenoxy) is 3. The Balaban J connectivity index is 0.000000327. The SMILES string of the molecule is CNC.COc1cc(F)c(C2CC(=O)N(c3cccc(OCCO)n3)C2)c(F)c1.O=Cc1ccc(OC(F)F)cc1. The van der Waals surface area contributed by atoms with E-state index in [1.807, 2.05) is 14.1 Å². The van der Waals surface area contributed by atoms with Crippen molar-refractivity contribution in [1.29, 1.82) is 0 Å². The number of pyridine rings is 1. The van der Waals surface area contributed by atoms with E-state index in [1.54, 1.807) is 18.2 Å². The summed E-state index contributed by atoms with van der Waals surface area (Å²) in [7, 11) is 5.08. The van der Waals surface area contributed by atoms with E-state index in [2.05, 4.69) is 15.0 Å². The summed E-state index contributed by atoms with van der Waals surface area (Å²) >= 11 is 0. The smallest absolute Gasteiger partial charge is 0.387 e. The van der Waals surface area contributed by atoms with Crippen LogP contribution in [0.1, 0.15) is 28.3 Å². The topological polar surface area (TPSA) is 110 Å². The van der Waals surface area contributed by atoms with Crippen LogP contribution in [-0.4, -0.2) is 69.9 Å². The summed E-state index contributed by atoms with van der Waals surface area (Å²) in [6, 6.07) is 12.5. The fourth-order valence-electron chi connectivity index (χ4n) is 3.70. The van der Waals surface area contributed by atoms with Gasteiger partial charge in [0.2, 0.25) is 11.8 Å². The zero-order chi connectivity index (χ0) is 30.4. The fourth-order valence-corrected chi connectivity index (χ4v) is 3.70. The van der Waals surface area contributed by atoms with E-state index >= 15 is 0 Å². The first-order valence-electron chi connectivity index (χ1n) is 12.3. The number of amides is 1. The number of halogens is 4. The Kier molecular flexibility index (Phi) is 13.5. The molecule has 1 fully saturated rings. The maximum Gasteiger partial charge on any atom is 0.387 e. The van der Waals surface area contributed by atoms with Gasteiger partial charge >= 0.3 is 6.61 Å². The molecule has 1 aromatic heterocycles. The molecule has 1 saturated heterocycles. The number of nitrogens with zero attached hydrogens (tertiary/aromatic N) is 2. The molecule has 1 atom stereocenters. The van der Waals surface area contributed by atoms with E-state index in [1.165, 1.54) is 36.3 Å². The van der Waals surface area contributed by atoms with Crippen molar-refractivity contribution in [1.82, 2.24) is 10.3 Å².